The van der Waals surface area contributed by atoms with Crippen LogP contribution >= 0.6 is 0 Å². The highest BCUT2D eigenvalue weighted by Crippen LogP contribution is 2.12. The van der Waals surface area contributed by atoms with E-state index in [9.17, 15) is 14.4 Å². The first kappa shape index (κ1) is 15.4. The van der Waals surface area contributed by atoms with Gasteiger partial charge in [-0.25, -0.2) is 4.79 Å². The first-order valence-electron chi connectivity index (χ1n) is 4.97. The number of hydrogen-bond acceptors (Lipinski definition) is 4. The van der Waals surface area contributed by atoms with Crippen LogP contribution in [0.3, 0.4) is 0 Å². The summed E-state index contributed by atoms with van der Waals surface area (Å²) in [4.78, 5) is 32.6. The molecule has 0 bridgehead atoms. The topological polar surface area (TPSA) is 113 Å². The summed E-state index contributed by atoms with van der Waals surface area (Å²) in [6.45, 7) is 3.33. The van der Waals surface area contributed by atoms with Gasteiger partial charge in [-0.05, 0) is 13.8 Å². The van der Waals surface area contributed by atoms with Crippen LogP contribution in [0.2, 0.25) is 0 Å². The third-order valence-electron chi connectivity index (χ3n) is 2.15. The summed E-state index contributed by atoms with van der Waals surface area (Å²) in [6, 6.07) is -1.42. The Balaban J connectivity index is 4.41. The maximum atomic E-state index is 11.5. The van der Waals surface area contributed by atoms with E-state index in [1.165, 1.54) is 7.11 Å². The van der Waals surface area contributed by atoms with Crippen molar-refractivity contribution in [3.8, 4) is 0 Å². The summed E-state index contributed by atoms with van der Waals surface area (Å²) in [5.41, 5.74) is -0.726. The fraction of sp³-hybridized carbons (Fsp3) is 0.700. The van der Waals surface area contributed by atoms with Crippen LogP contribution in [0, 0.1) is 0 Å². The molecule has 0 aromatic carbocycles. The summed E-state index contributed by atoms with van der Waals surface area (Å²) >= 11 is 0. The molecule has 0 aliphatic carbocycles. The lowest BCUT2D eigenvalue weighted by Crippen LogP contribution is -2.44. The van der Waals surface area contributed by atoms with Gasteiger partial charge in [-0.3, -0.25) is 9.59 Å². The van der Waals surface area contributed by atoms with Gasteiger partial charge in [0.1, 0.15) is 6.04 Å². The molecule has 0 rings (SSSR count). The Labute approximate surface area is 98.8 Å². The monoisotopic (exact) mass is 247 g/mol. The third-order valence-corrected chi connectivity index (χ3v) is 2.15. The normalized spacial score (nSPS) is 12.9. The second-order valence-corrected chi connectivity index (χ2v) is 4.20. The highest BCUT2D eigenvalue weighted by molar-refractivity contribution is 5.87. The summed E-state index contributed by atoms with van der Waals surface area (Å²) in [5.74, 6) is -3.23. The lowest BCUT2D eigenvalue weighted by atomic mass is 10.0. The largest absolute Gasteiger partial charge is 0.481 e. The van der Waals surface area contributed by atoms with Crippen molar-refractivity contribution >= 4 is 17.8 Å². The van der Waals surface area contributed by atoms with Crippen molar-refractivity contribution in [3.63, 3.8) is 0 Å². The Kier molecular flexibility index (Phi) is 5.60. The minimum absolute atomic E-state index is 0.0487. The highest BCUT2D eigenvalue weighted by Gasteiger charge is 2.26. The smallest absolute Gasteiger partial charge is 0.326 e. The molecule has 0 radical (unpaired) electrons. The van der Waals surface area contributed by atoms with E-state index in [4.69, 9.17) is 14.9 Å². The summed E-state index contributed by atoms with van der Waals surface area (Å²) in [5, 5.41) is 19.3. The maximum absolute atomic E-state index is 11.5. The molecule has 0 aromatic heterocycles. The van der Waals surface area contributed by atoms with Crippen LogP contribution in [0.5, 0.6) is 0 Å². The number of methoxy groups -OCH3 is 1. The fourth-order valence-electron chi connectivity index (χ4n) is 1.08. The van der Waals surface area contributed by atoms with Crippen LogP contribution in [-0.4, -0.2) is 46.8 Å². The Hall–Kier alpha value is -1.63. The third kappa shape index (κ3) is 6.52. The van der Waals surface area contributed by atoms with Crippen molar-refractivity contribution in [1.29, 1.82) is 0 Å². The van der Waals surface area contributed by atoms with Gasteiger partial charge in [-0.2, -0.15) is 0 Å². The SMILES string of the molecule is COC(C)(C)CC(=O)N[C@@H](CC(=O)O)C(=O)O. The lowest BCUT2D eigenvalue weighted by molar-refractivity contribution is -0.147. The fourth-order valence-corrected chi connectivity index (χ4v) is 1.08. The van der Waals surface area contributed by atoms with Crippen LogP contribution in [0.15, 0.2) is 0 Å². The van der Waals surface area contributed by atoms with E-state index in [0.717, 1.165) is 0 Å². The highest BCUT2D eigenvalue weighted by atomic mass is 16.5. The molecule has 0 aliphatic rings. The van der Waals surface area contributed by atoms with Gasteiger partial charge in [-0.15, -0.1) is 0 Å². The van der Waals surface area contributed by atoms with Gasteiger partial charge in [0.05, 0.1) is 18.4 Å². The van der Waals surface area contributed by atoms with Crippen LogP contribution in [-0.2, 0) is 19.1 Å². The average molecular weight is 247 g/mol. The second-order valence-electron chi connectivity index (χ2n) is 4.20. The molecule has 17 heavy (non-hydrogen) atoms. The zero-order valence-corrected chi connectivity index (χ0v) is 10.0. The number of carboxylic acid groups (broad SMARTS) is 2. The molecule has 1 amide bonds. The number of hydrogen-bond donors (Lipinski definition) is 3. The zero-order valence-electron chi connectivity index (χ0n) is 10.0. The predicted molar refractivity (Wildman–Crippen MR) is 57.5 cm³/mol. The van der Waals surface area contributed by atoms with Crippen LogP contribution in [0.4, 0.5) is 0 Å². The first-order chi connectivity index (χ1) is 7.68. The van der Waals surface area contributed by atoms with Gasteiger partial charge in [0.15, 0.2) is 0 Å². The van der Waals surface area contributed by atoms with Gasteiger partial charge >= 0.3 is 11.9 Å². The van der Waals surface area contributed by atoms with Crippen LogP contribution in [0.25, 0.3) is 0 Å². The number of carbonyl (C=O) groups excluding carboxylic acids is 1. The van der Waals surface area contributed by atoms with Crippen molar-refractivity contribution < 1.29 is 29.3 Å². The Bertz CT molecular complexity index is 312. The molecule has 98 valence electrons. The number of rotatable bonds is 7. The molecule has 0 saturated carbocycles. The van der Waals surface area contributed by atoms with E-state index in [1.54, 1.807) is 13.8 Å². The molecule has 0 saturated heterocycles. The zero-order chi connectivity index (χ0) is 13.6. The van der Waals surface area contributed by atoms with E-state index in [2.05, 4.69) is 5.32 Å². The molecular weight excluding hydrogens is 230 g/mol. The molecule has 0 aliphatic heterocycles. The summed E-state index contributed by atoms with van der Waals surface area (Å²) < 4.78 is 5.01. The second kappa shape index (κ2) is 6.19. The predicted octanol–water partition coefficient (Wildman–Crippen LogP) is -0.154. The van der Waals surface area contributed by atoms with Gasteiger partial charge in [0.25, 0.3) is 0 Å². The van der Waals surface area contributed by atoms with E-state index >= 15 is 0 Å². The quantitative estimate of drug-likeness (QED) is 0.576. The standard InChI is InChI=1S/C10H17NO6/c1-10(2,17-3)5-7(12)11-6(9(15)16)4-8(13)14/h6H,4-5H2,1-3H3,(H,11,12)(H,13,14)(H,15,16)/t6-/m0/s1. The number of carbonyl (C=O) groups is 3. The van der Waals surface area contributed by atoms with Crippen molar-refractivity contribution in [2.75, 3.05) is 7.11 Å². The van der Waals surface area contributed by atoms with Crippen molar-refractivity contribution in [2.24, 2.45) is 0 Å². The van der Waals surface area contributed by atoms with Crippen LogP contribution < -0.4 is 5.32 Å². The van der Waals surface area contributed by atoms with E-state index < -0.39 is 35.9 Å². The Morgan fingerprint density at radius 3 is 2.18 bits per heavy atom. The molecule has 7 nitrogen and oxygen atoms in total. The van der Waals surface area contributed by atoms with Gasteiger partial charge in [0.2, 0.25) is 5.91 Å². The summed E-state index contributed by atoms with van der Waals surface area (Å²) in [7, 11) is 1.43. The van der Waals surface area contributed by atoms with Crippen molar-refractivity contribution in [1.82, 2.24) is 5.32 Å². The molecule has 0 heterocycles. The minimum atomic E-state index is -1.42. The summed E-state index contributed by atoms with van der Waals surface area (Å²) in [6.07, 6.45) is -0.707. The molecule has 1 atom stereocenters. The number of amides is 1. The van der Waals surface area contributed by atoms with E-state index in [1.807, 2.05) is 0 Å². The molecule has 0 fully saturated rings. The lowest BCUT2D eigenvalue weighted by Gasteiger charge is -2.23. The van der Waals surface area contributed by atoms with Crippen molar-refractivity contribution in [3.05, 3.63) is 0 Å². The first-order valence-corrected chi connectivity index (χ1v) is 4.97. The average Bonchev–Trinajstić information content (AvgIpc) is 2.15. The number of aliphatic carboxylic acids is 2. The van der Waals surface area contributed by atoms with Gasteiger partial charge in [-0.1, -0.05) is 0 Å². The Morgan fingerprint density at radius 2 is 1.82 bits per heavy atom. The van der Waals surface area contributed by atoms with Crippen LogP contribution in [0.1, 0.15) is 26.7 Å². The van der Waals surface area contributed by atoms with E-state index in [-0.39, 0.29) is 6.42 Å². The Morgan fingerprint density at radius 1 is 1.29 bits per heavy atom. The van der Waals surface area contributed by atoms with Gasteiger partial charge in [0, 0.05) is 7.11 Å². The minimum Gasteiger partial charge on any atom is -0.481 e. The molecule has 0 aromatic rings. The molecular formula is C10H17NO6. The molecule has 3 N–H and O–H groups in total. The van der Waals surface area contributed by atoms with Crippen molar-refractivity contribution in [2.45, 2.75) is 38.3 Å². The molecule has 0 unspecified atom stereocenters. The number of ether oxygens (including phenoxy) is 1. The molecule has 0 spiro atoms. The number of carboxylic acids is 2. The van der Waals surface area contributed by atoms with E-state index in [0.29, 0.717) is 0 Å². The molecule has 7 heteroatoms. The van der Waals surface area contributed by atoms with Gasteiger partial charge < -0.3 is 20.3 Å². The number of nitrogens with one attached hydrogen (secondary N) is 1. The maximum Gasteiger partial charge on any atom is 0.326 e.